The molecule has 2 rings (SSSR count). The zero-order chi connectivity index (χ0) is 14.4. The average Bonchev–Trinajstić information content (AvgIpc) is 2.45. The molecule has 3 nitrogen and oxygen atoms in total. The maximum atomic E-state index is 11.0. The summed E-state index contributed by atoms with van der Waals surface area (Å²) in [7, 11) is 0. The molecule has 2 aromatic rings. The number of carbonyl (C=O) groups is 1. The number of carboxylic acid groups (broad SMARTS) is 1. The van der Waals surface area contributed by atoms with Gasteiger partial charge in [-0.05, 0) is 18.1 Å². The highest BCUT2D eigenvalue weighted by molar-refractivity contribution is 5.68. The first-order chi connectivity index (χ1) is 9.65. The van der Waals surface area contributed by atoms with Gasteiger partial charge >= 0.3 is 5.97 Å². The largest absolute Gasteiger partial charge is 0.481 e. The molecule has 0 heterocycles. The molecule has 0 saturated carbocycles. The third kappa shape index (κ3) is 4.21. The van der Waals surface area contributed by atoms with E-state index in [4.69, 9.17) is 5.11 Å². The highest BCUT2D eigenvalue weighted by Gasteiger charge is 2.14. The van der Waals surface area contributed by atoms with Gasteiger partial charge in [0.2, 0.25) is 0 Å². The van der Waals surface area contributed by atoms with Gasteiger partial charge in [0.1, 0.15) is 0 Å². The van der Waals surface area contributed by atoms with Crippen LogP contribution in [0.4, 0.5) is 0 Å². The number of hydrogen-bond acceptors (Lipinski definition) is 2. The van der Waals surface area contributed by atoms with Gasteiger partial charge in [-0.25, -0.2) is 0 Å². The smallest absolute Gasteiger partial charge is 0.305 e. The Morgan fingerprint density at radius 2 is 1.75 bits per heavy atom. The lowest BCUT2D eigenvalue weighted by Crippen LogP contribution is -2.23. The van der Waals surface area contributed by atoms with Gasteiger partial charge in [-0.15, -0.1) is 0 Å². The Hall–Kier alpha value is -2.13. The SMILES string of the molecule is Cc1ccc(C(CC(=O)O)NCc2ccccc2)cc1. The fraction of sp³-hybridized carbons (Fsp3) is 0.235. The van der Waals surface area contributed by atoms with Crippen molar-refractivity contribution in [1.29, 1.82) is 0 Å². The zero-order valence-corrected chi connectivity index (χ0v) is 11.5. The Morgan fingerprint density at radius 1 is 1.10 bits per heavy atom. The Bertz CT molecular complexity index is 549. The number of carboxylic acids is 1. The van der Waals surface area contributed by atoms with E-state index in [0.29, 0.717) is 6.54 Å². The number of aryl methyl sites for hydroxylation is 1. The van der Waals surface area contributed by atoms with E-state index in [2.05, 4.69) is 5.32 Å². The summed E-state index contributed by atoms with van der Waals surface area (Å²) in [6, 6.07) is 17.8. The first-order valence-electron chi connectivity index (χ1n) is 6.71. The van der Waals surface area contributed by atoms with Gasteiger partial charge in [0.15, 0.2) is 0 Å². The normalized spacial score (nSPS) is 12.1. The molecule has 0 aliphatic heterocycles. The second-order valence-electron chi connectivity index (χ2n) is 4.93. The number of nitrogens with one attached hydrogen (secondary N) is 1. The van der Waals surface area contributed by atoms with Crippen molar-refractivity contribution in [2.45, 2.75) is 25.9 Å². The molecule has 0 saturated heterocycles. The van der Waals surface area contributed by atoms with Crippen LogP contribution in [0, 0.1) is 6.92 Å². The minimum Gasteiger partial charge on any atom is -0.481 e. The van der Waals surface area contributed by atoms with Crippen LogP contribution in [-0.2, 0) is 11.3 Å². The van der Waals surface area contributed by atoms with Crippen LogP contribution in [0.25, 0.3) is 0 Å². The third-order valence-electron chi connectivity index (χ3n) is 3.25. The van der Waals surface area contributed by atoms with E-state index in [1.54, 1.807) is 0 Å². The molecule has 0 amide bonds. The highest BCUT2D eigenvalue weighted by atomic mass is 16.4. The van der Waals surface area contributed by atoms with E-state index in [1.807, 2.05) is 61.5 Å². The van der Waals surface area contributed by atoms with Gasteiger partial charge in [-0.3, -0.25) is 4.79 Å². The molecule has 2 aromatic carbocycles. The van der Waals surface area contributed by atoms with Crippen LogP contribution in [0.5, 0.6) is 0 Å². The van der Waals surface area contributed by atoms with E-state index in [9.17, 15) is 4.79 Å². The summed E-state index contributed by atoms with van der Waals surface area (Å²) in [6.07, 6.45) is 0.0793. The van der Waals surface area contributed by atoms with Crippen molar-refractivity contribution in [3.8, 4) is 0 Å². The van der Waals surface area contributed by atoms with Gasteiger partial charge < -0.3 is 10.4 Å². The standard InChI is InChI=1S/C17H19NO2/c1-13-7-9-15(10-8-13)16(11-17(19)20)18-12-14-5-3-2-4-6-14/h2-10,16,18H,11-12H2,1H3,(H,19,20). The predicted molar refractivity (Wildman–Crippen MR) is 79.5 cm³/mol. The van der Waals surface area contributed by atoms with E-state index >= 15 is 0 Å². The molecule has 0 bridgehead atoms. The molecule has 0 aromatic heterocycles. The van der Waals surface area contributed by atoms with Crippen LogP contribution in [-0.4, -0.2) is 11.1 Å². The second kappa shape index (κ2) is 6.87. The molecular weight excluding hydrogens is 250 g/mol. The minimum absolute atomic E-state index is 0.0793. The summed E-state index contributed by atoms with van der Waals surface area (Å²) in [6.45, 7) is 2.68. The van der Waals surface area contributed by atoms with Crippen LogP contribution in [0.15, 0.2) is 54.6 Å². The van der Waals surface area contributed by atoms with Gasteiger partial charge in [0.25, 0.3) is 0 Å². The topological polar surface area (TPSA) is 49.3 Å². The molecule has 1 atom stereocenters. The lowest BCUT2D eigenvalue weighted by atomic mass is 10.0. The minimum atomic E-state index is -0.795. The van der Waals surface area contributed by atoms with Gasteiger partial charge in [-0.2, -0.15) is 0 Å². The Balaban J connectivity index is 2.07. The predicted octanol–water partition coefficient (Wildman–Crippen LogP) is 3.30. The second-order valence-corrected chi connectivity index (χ2v) is 4.93. The Kier molecular flexibility index (Phi) is 4.91. The maximum absolute atomic E-state index is 11.0. The molecular formula is C17H19NO2. The van der Waals surface area contributed by atoms with Gasteiger partial charge in [0, 0.05) is 12.6 Å². The van der Waals surface area contributed by atoms with Crippen LogP contribution >= 0.6 is 0 Å². The average molecular weight is 269 g/mol. The maximum Gasteiger partial charge on any atom is 0.305 e. The molecule has 0 radical (unpaired) electrons. The summed E-state index contributed by atoms with van der Waals surface area (Å²) >= 11 is 0. The molecule has 0 aliphatic rings. The molecule has 0 fully saturated rings. The highest BCUT2D eigenvalue weighted by Crippen LogP contribution is 2.18. The van der Waals surface area contributed by atoms with Crippen molar-refractivity contribution < 1.29 is 9.90 Å². The Morgan fingerprint density at radius 3 is 2.35 bits per heavy atom. The first-order valence-corrected chi connectivity index (χ1v) is 6.71. The first kappa shape index (κ1) is 14.3. The summed E-state index contributed by atoms with van der Waals surface area (Å²) in [5.41, 5.74) is 3.33. The lowest BCUT2D eigenvalue weighted by Gasteiger charge is -2.17. The fourth-order valence-corrected chi connectivity index (χ4v) is 2.12. The molecule has 104 valence electrons. The van der Waals surface area contributed by atoms with Gasteiger partial charge in [-0.1, -0.05) is 60.2 Å². The summed E-state index contributed by atoms with van der Waals surface area (Å²) in [4.78, 5) is 11.0. The molecule has 0 aliphatic carbocycles. The van der Waals surface area contributed by atoms with Crippen molar-refractivity contribution in [3.05, 3.63) is 71.3 Å². The lowest BCUT2D eigenvalue weighted by molar-refractivity contribution is -0.137. The van der Waals surface area contributed by atoms with Crippen LogP contribution in [0.3, 0.4) is 0 Å². The molecule has 2 N–H and O–H groups in total. The zero-order valence-electron chi connectivity index (χ0n) is 11.5. The van der Waals surface area contributed by atoms with E-state index in [0.717, 1.165) is 11.1 Å². The van der Waals surface area contributed by atoms with Crippen molar-refractivity contribution in [2.24, 2.45) is 0 Å². The van der Waals surface area contributed by atoms with E-state index in [1.165, 1.54) is 5.56 Å². The van der Waals surface area contributed by atoms with Crippen molar-refractivity contribution >= 4 is 5.97 Å². The molecule has 3 heteroatoms. The monoisotopic (exact) mass is 269 g/mol. The van der Waals surface area contributed by atoms with Crippen LogP contribution in [0.1, 0.15) is 29.2 Å². The summed E-state index contributed by atoms with van der Waals surface area (Å²) < 4.78 is 0. The van der Waals surface area contributed by atoms with E-state index in [-0.39, 0.29) is 12.5 Å². The number of aliphatic carboxylic acids is 1. The van der Waals surface area contributed by atoms with Crippen LogP contribution < -0.4 is 5.32 Å². The number of benzene rings is 2. The molecule has 20 heavy (non-hydrogen) atoms. The van der Waals surface area contributed by atoms with Crippen molar-refractivity contribution in [3.63, 3.8) is 0 Å². The molecule has 1 unspecified atom stereocenters. The third-order valence-corrected chi connectivity index (χ3v) is 3.25. The number of hydrogen-bond donors (Lipinski definition) is 2. The van der Waals surface area contributed by atoms with Crippen molar-refractivity contribution in [1.82, 2.24) is 5.32 Å². The van der Waals surface area contributed by atoms with Gasteiger partial charge in [0.05, 0.1) is 6.42 Å². The quantitative estimate of drug-likeness (QED) is 0.846. The summed E-state index contributed by atoms with van der Waals surface area (Å²) in [5.74, 6) is -0.795. The van der Waals surface area contributed by atoms with Crippen LogP contribution in [0.2, 0.25) is 0 Å². The number of rotatable bonds is 6. The van der Waals surface area contributed by atoms with E-state index < -0.39 is 5.97 Å². The Labute approximate surface area is 119 Å². The summed E-state index contributed by atoms with van der Waals surface area (Å²) in [5, 5.41) is 12.4. The fourth-order valence-electron chi connectivity index (χ4n) is 2.12. The molecule has 0 spiro atoms. The van der Waals surface area contributed by atoms with Crippen molar-refractivity contribution in [2.75, 3.05) is 0 Å².